The lowest BCUT2D eigenvalue weighted by molar-refractivity contribution is -0.117. The number of hydrogen-bond donors (Lipinski definition) is 1. The highest BCUT2D eigenvalue weighted by molar-refractivity contribution is 6.00. The van der Waals surface area contributed by atoms with Gasteiger partial charge in [0.05, 0.1) is 6.54 Å². The van der Waals surface area contributed by atoms with Crippen molar-refractivity contribution < 1.29 is 9.59 Å². The molecule has 0 radical (unpaired) electrons. The lowest BCUT2D eigenvalue weighted by Crippen LogP contribution is -2.19. The van der Waals surface area contributed by atoms with Crippen LogP contribution in [0, 0.1) is 0 Å². The van der Waals surface area contributed by atoms with Crippen LogP contribution >= 0.6 is 12.4 Å². The molecule has 1 aliphatic heterocycles. The quantitative estimate of drug-likeness (QED) is 0.809. The van der Waals surface area contributed by atoms with Crippen LogP contribution in [0.2, 0.25) is 0 Å². The predicted octanol–water partition coefficient (Wildman–Crippen LogP) is 3.02. The molecule has 1 aliphatic rings. The number of hydrogen-bond acceptors (Lipinski definition) is 4. The van der Waals surface area contributed by atoms with Crippen LogP contribution in [-0.2, 0) is 17.6 Å². The zero-order valence-corrected chi connectivity index (χ0v) is 14.9. The molecule has 4 nitrogen and oxygen atoms in total. The van der Waals surface area contributed by atoms with Gasteiger partial charge < -0.3 is 5.32 Å². The standard InChI is InChI=1S/C20H20N2O2.ClH/c1-14(23)17-7-5-15(6-8-17)12-19(24)13-16-3-2-4-18(11-16)20-21-9-10-22-20;/h2-8,11H,9-10,12-13H2,1H3,(H,21,22);1H. The molecule has 5 heteroatoms. The third-order valence-corrected chi connectivity index (χ3v) is 4.04. The number of halogens is 1. The van der Waals surface area contributed by atoms with Gasteiger partial charge in [-0.25, -0.2) is 0 Å². The molecule has 130 valence electrons. The minimum absolute atomic E-state index is 0. The fraction of sp³-hybridized carbons (Fsp3) is 0.250. The second-order valence-corrected chi connectivity index (χ2v) is 6.00. The molecule has 2 aromatic carbocycles. The predicted molar refractivity (Wildman–Crippen MR) is 102 cm³/mol. The van der Waals surface area contributed by atoms with Gasteiger partial charge in [-0.05, 0) is 24.1 Å². The molecule has 0 bridgehead atoms. The maximum Gasteiger partial charge on any atom is 0.159 e. The summed E-state index contributed by atoms with van der Waals surface area (Å²) < 4.78 is 0. The summed E-state index contributed by atoms with van der Waals surface area (Å²) in [6.45, 7) is 3.21. The van der Waals surface area contributed by atoms with Gasteiger partial charge in [-0.2, -0.15) is 0 Å². The first-order valence-corrected chi connectivity index (χ1v) is 8.11. The molecule has 2 aromatic rings. The van der Waals surface area contributed by atoms with Crippen LogP contribution in [0.5, 0.6) is 0 Å². The highest BCUT2D eigenvalue weighted by Gasteiger charge is 2.10. The van der Waals surface area contributed by atoms with Gasteiger partial charge in [-0.15, -0.1) is 12.4 Å². The van der Waals surface area contributed by atoms with Crippen molar-refractivity contribution in [3.05, 3.63) is 70.8 Å². The number of amidine groups is 1. The van der Waals surface area contributed by atoms with Crippen LogP contribution < -0.4 is 5.32 Å². The van der Waals surface area contributed by atoms with E-state index < -0.39 is 0 Å². The first kappa shape index (κ1) is 18.9. The van der Waals surface area contributed by atoms with Gasteiger partial charge in [0.1, 0.15) is 11.6 Å². The monoisotopic (exact) mass is 356 g/mol. The van der Waals surface area contributed by atoms with Crippen LogP contribution in [0.1, 0.15) is 34.0 Å². The van der Waals surface area contributed by atoms with Crippen LogP contribution in [0.15, 0.2) is 53.5 Å². The highest BCUT2D eigenvalue weighted by Crippen LogP contribution is 2.11. The Bertz CT molecular complexity index is 798. The van der Waals surface area contributed by atoms with E-state index in [1.165, 1.54) is 6.92 Å². The van der Waals surface area contributed by atoms with Gasteiger partial charge in [0.25, 0.3) is 0 Å². The third kappa shape index (κ3) is 5.00. The topological polar surface area (TPSA) is 58.5 Å². The summed E-state index contributed by atoms with van der Waals surface area (Å²) in [5.41, 5.74) is 3.63. The minimum atomic E-state index is 0. The first-order chi connectivity index (χ1) is 11.6. The number of carbonyl (C=O) groups is 2. The van der Waals surface area contributed by atoms with E-state index in [1.807, 2.05) is 36.4 Å². The summed E-state index contributed by atoms with van der Waals surface area (Å²) in [6.07, 6.45) is 0.775. The molecule has 1 N–H and O–H groups in total. The maximum atomic E-state index is 12.3. The Hall–Kier alpha value is -2.46. The number of Topliss-reactive ketones (excluding diaryl/α,β-unsaturated/α-hetero) is 2. The molecule has 0 saturated carbocycles. The highest BCUT2D eigenvalue weighted by atomic mass is 35.5. The molecule has 1 heterocycles. The second-order valence-electron chi connectivity index (χ2n) is 6.00. The number of rotatable bonds is 6. The molecular weight excluding hydrogens is 336 g/mol. The minimum Gasteiger partial charge on any atom is -0.368 e. The normalized spacial score (nSPS) is 12.8. The largest absolute Gasteiger partial charge is 0.368 e. The van der Waals surface area contributed by atoms with Gasteiger partial charge in [0.2, 0.25) is 0 Å². The molecule has 3 rings (SSSR count). The van der Waals surface area contributed by atoms with Gasteiger partial charge in [0.15, 0.2) is 5.78 Å². The van der Waals surface area contributed by atoms with Crippen molar-refractivity contribution in [3.8, 4) is 0 Å². The van der Waals surface area contributed by atoms with E-state index in [0.29, 0.717) is 18.4 Å². The molecule has 0 aromatic heterocycles. The summed E-state index contributed by atoms with van der Waals surface area (Å²) >= 11 is 0. The summed E-state index contributed by atoms with van der Waals surface area (Å²) in [5, 5.41) is 3.25. The summed E-state index contributed by atoms with van der Waals surface area (Å²) in [7, 11) is 0. The smallest absolute Gasteiger partial charge is 0.159 e. The van der Waals surface area contributed by atoms with E-state index in [2.05, 4.69) is 10.3 Å². The number of ketones is 2. The average Bonchev–Trinajstić information content (AvgIpc) is 3.10. The molecular formula is C20H21ClN2O2. The summed E-state index contributed by atoms with van der Waals surface area (Å²) in [4.78, 5) is 28.0. The summed E-state index contributed by atoms with van der Waals surface area (Å²) in [6, 6.07) is 15.2. The van der Waals surface area contributed by atoms with Crippen LogP contribution in [0.3, 0.4) is 0 Å². The van der Waals surface area contributed by atoms with Crippen LogP contribution in [0.4, 0.5) is 0 Å². The Kier molecular flexibility index (Phi) is 6.48. The fourth-order valence-electron chi connectivity index (χ4n) is 2.79. The lowest BCUT2D eigenvalue weighted by atomic mass is 10.00. The fourth-order valence-corrected chi connectivity index (χ4v) is 2.79. The van der Waals surface area contributed by atoms with E-state index in [0.717, 1.165) is 35.6 Å². The molecule has 0 amide bonds. The summed E-state index contributed by atoms with van der Waals surface area (Å²) in [5.74, 6) is 1.10. The Morgan fingerprint density at radius 1 is 1.04 bits per heavy atom. The van der Waals surface area contributed by atoms with Crippen LogP contribution in [0.25, 0.3) is 0 Å². The second kappa shape index (κ2) is 8.58. The van der Waals surface area contributed by atoms with Crippen molar-refractivity contribution in [2.45, 2.75) is 19.8 Å². The zero-order chi connectivity index (χ0) is 16.9. The average molecular weight is 357 g/mol. The molecule has 0 fully saturated rings. The van der Waals surface area contributed by atoms with Crippen LogP contribution in [-0.4, -0.2) is 30.5 Å². The molecule has 0 unspecified atom stereocenters. The number of nitrogens with one attached hydrogen (secondary N) is 1. The Morgan fingerprint density at radius 2 is 1.76 bits per heavy atom. The maximum absolute atomic E-state index is 12.3. The molecule has 0 saturated heterocycles. The van der Waals surface area contributed by atoms with Crippen molar-refractivity contribution in [2.75, 3.05) is 13.1 Å². The SMILES string of the molecule is CC(=O)c1ccc(CC(=O)Cc2cccc(C3=NCCN3)c2)cc1.Cl. The lowest BCUT2D eigenvalue weighted by Gasteiger charge is -2.06. The Labute approximate surface area is 153 Å². The molecule has 0 atom stereocenters. The zero-order valence-electron chi connectivity index (χ0n) is 14.1. The number of nitrogens with zero attached hydrogens (tertiary/aromatic N) is 1. The van der Waals surface area contributed by atoms with Crippen molar-refractivity contribution in [3.63, 3.8) is 0 Å². The molecule has 25 heavy (non-hydrogen) atoms. The first-order valence-electron chi connectivity index (χ1n) is 8.11. The number of benzene rings is 2. The van der Waals surface area contributed by atoms with E-state index in [4.69, 9.17) is 0 Å². The van der Waals surface area contributed by atoms with Crippen molar-refractivity contribution in [1.29, 1.82) is 0 Å². The Morgan fingerprint density at radius 3 is 2.40 bits per heavy atom. The van der Waals surface area contributed by atoms with Gasteiger partial charge in [0, 0.05) is 30.5 Å². The number of carbonyl (C=O) groups excluding carboxylic acids is 2. The van der Waals surface area contributed by atoms with Crippen molar-refractivity contribution in [1.82, 2.24) is 5.32 Å². The van der Waals surface area contributed by atoms with E-state index in [1.54, 1.807) is 12.1 Å². The van der Waals surface area contributed by atoms with Gasteiger partial charge >= 0.3 is 0 Å². The number of aliphatic imine (C=N–C) groups is 1. The Balaban J connectivity index is 0.00000225. The molecule has 0 spiro atoms. The third-order valence-electron chi connectivity index (χ3n) is 4.04. The van der Waals surface area contributed by atoms with E-state index in [9.17, 15) is 9.59 Å². The van der Waals surface area contributed by atoms with Gasteiger partial charge in [-0.1, -0.05) is 42.5 Å². The van der Waals surface area contributed by atoms with E-state index in [-0.39, 0.29) is 24.0 Å². The van der Waals surface area contributed by atoms with Crippen molar-refractivity contribution in [2.24, 2.45) is 4.99 Å². The molecule has 0 aliphatic carbocycles. The van der Waals surface area contributed by atoms with E-state index >= 15 is 0 Å². The van der Waals surface area contributed by atoms with Gasteiger partial charge in [-0.3, -0.25) is 14.6 Å². The van der Waals surface area contributed by atoms with Crippen molar-refractivity contribution >= 4 is 29.8 Å².